The molecule has 0 unspecified atom stereocenters. The van der Waals surface area contributed by atoms with Crippen molar-refractivity contribution >= 4 is 0 Å². The summed E-state index contributed by atoms with van der Waals surface area (Å²) >= 11 is 0. The van der Waals surface area contributed by atoms with Gasteiger partial charge >= 0.3 is 0 Å². The van der Waals surface area contributed by atoms with E-state index >= 15 is 0 Å². The Morgan fingerprint density at radius 1 is 1.45 bits per heavy atom. The molecular weight excluding hydrogens is 138 g/mol. The number of hydrogen-bond acceptors (Lipinski definition) is 2. The molecule has 11 heavy (non-hydrogen) atoms. The molecule has 1 heterocycles. The minimum absolute atomic E-state index is 0.388. The van der Waals surface area contributed by atoms with Crippen LogP contribution in [0.1, 0.15) is 32.9 Å². The lowest BCUT2D eigenvalue weighted by molar-refractivity contribution is 0.376. The summed E-state index contributed by atoms with van der Waals surface area (Å²) in [4.78, 5) is 4.05. The number of aromatic nitrogens is 1. The Hall–Kier alpha value is -0.790. The summed E-state index contributed by atoms with van der Waals surface area (Å²) in [6.07, 6.45) is 5.36. The second-order valence-electron chi connectivity index (χ2n) is 4.04. The minimum Gasteiger partial charge on any atom is -0.451 e. The molecule has 0 saturated carbocycles. The molecule has 0 aliphatic rings. The van der Waals surface area contributed by atoms with Crippen LogP contribution in [0.4, 0.5) is 0 Å². The molecule has 1 aromatic heterocycles. The van der Waals surface area contributed by atoms with Gasteiger partial charge in [-0.05, 0) is 18.3 Å². The van der Waals surface area contributed by atoms with Gasteiger partial charge in [-0.15, -0.1) is 0 Å². The molecule has 0 spiro atoms. The van der Waals surface area contributed by atoms with Crippen LogP contribution in [0, 0.1) is 5.41 Å². The van der Waals surface area contributed by atoms with Gasteiger partial charge in [-0.2, -0.15) is 0 Å². The number of rotatable bonds is 2. The zero-order chi connectivity index (χ0) is 8.32. The van der Waals surface area contributed by atoms with Crippen molar-refractivity contribution in [3.05, 3.63) is 18.4 Å². The highest BCUT2D eigenvalue weighted by molar-refractivity contribution is 4.91. The molecule has 0 aromatic carbocycles. The standard InChI is InChI=1S/C9H15NO/c1-9(2,3)5-4-8-6-11-7-10-8/h6-7H,4-5H2,1-3H3. The van der Waals surface area contributed by atoms with Crippen LogP contribution >= 0.6 is 0 Å². The fourth-order valence-corrected chi connectivity index (χ4v) is 0.864. The topological polar surface area (TPSA) is 26.0 Å². The van der Waals surface area contributed by atoms with E-state index in [9.17, 15) is 0 Å². The number of aryl methyl sites for hydroxylation is 1. The monoisotopic (exact) mass is 153 g/mol. The van der Waals surface area contributed by atoms with Crippen molar-refractivity contribution in [2.24, 2.45) is 5.41 Å². The number of oxazole rings is 1. The highest BCUT2D eigenvalue weighted by atomic mass is 16.3. The summed E-state index contributed by atoms with van der Waals surface area (Å²) in [6.45, 7) is 6.69. The Labute approximate surface area is 67.6 Å². The number of nitrogens with zero attached hydrogens (tertiary/aromatic N) is 1. The second kappa shape index (κ2) is 3.07. The molecule has 2 nitrogen and oxygen atoms in total. The van der Waals surface area contributed by atoms with Crippen LogP contribution in [0.5, 0.6) is 0 Å². The van der Waals surface area contributed by atoms with E-state index in [-0.39, 0.29) is 0 Å². The third-order valence-electron chi connectivity index (χ3n) is 1.61. The van der Waals surface area contributed by atoms with Crippen LogP contribution < -0.4 is 0 Å². The summed E-state index contributed by atoms with van der Waals surface area (Å²) in [7, 11) is 0. The first-order chi connectivity index (χ1) is 5.08. The van der Waals surface area contributed by atoms with Crippen LogP contribution in [0.2, 0.25) is 0 Å². The maximum Gasteiger partial charge on any atom is 0.180 e. The van der Waals surface area contributed by atoms with Crippen molar-refractivity contribution in [2.75, 3.05) is 0 Å². The van der Waals surface area contributed by atoms with Gasteiger partial charge in [-0.3, -0.25) is 0 Å². The maximum absolute atomic E-state index is 4.87. The van der Waals surface area contributed by atoms with Gasteiger partial charge in [0.05, 0.1) is 5.69 Å². The average molecular weight is 153 g/mol. The molecule has 0 radical (unpaired) electrons. The van der Waals surface area contributed by atoms with E-state index in [1.807, 2.05) is 0 Å². The van der Waals surface area contributed by atoms with E-state index in [0.717, 1.165) is 18.5 Å². The van der Waals surface area contributed by atoms with Gasteiger partial charge in [-0.25, -0.2) is 4.98 Å². The lowest BCUT2D eigenvalue weighted by Gasteiger charge is -2.16. The molecule has 2 heteroatoms. The molecule has 0 amide bonds. The van der Waals surface area contributed by atoms with Gasteiger partial charge in [0.15, 0.2) is 6.39 Å². The predicted molar refractivity (Wildman–Crippen MR) is 44.3 cm³/mol. The Morgan fingerprint density at radius 2 is 2.18 bits per heavy atom. The van der Waals surface area contributed by atoms with Crippen molar-refractivity contribution in [3.8, 4) is 0 Å². The lowest BCUT2D eigenvalue weighted by atomic mass is 9.90. The fourth-order valence-electron chi connectivity index (χ4n) is 0.864. The fraction of sp³-hybridized carbons (Fsp3) is 0.667. The Bertz CT molecular complexity index is 196. The molecular formula is C9H15NO. The van der Waals surface area contributed by atoms with E-state index < -0.39 is 0 Å². The molecule has 0 N–H and O–H groups in total. The van der Waals surface area contributed by atoms with Crippen molar-refractivity contribution in [1.29, 1.82) is 0 Å². The Morgan fingerprint density at radius 3 is 2.64 bits per heavy atom. The van der Waals surface area contributed by atoms with Gasteiger partial charge in [0.2, 0.25) is 0 Å². The summed E-state index contributed by atoms with van der Waals surface area (Å²) < 4.78 is 4.87. The van der Waals surface area contributed by atoms with Crippen LogP contribution in [0.3, 0.4) is 0 Å². The maximum atomic E-state index is 4.87. The summed E-state index contributed by atoms with van der Waals surface area (Å²) in [6, 6.07) is 0. The molecule has 62 valence electrons. The van der Waals surface area contributed by atoms with E-state index in [1.54, 1.807) is 6.26 Å². The third-order valence-corrected chi connectivity index (χ3v) is 1.61. The highest BCUT2D eigenvalue weighted by Gasteiger charge is 2.10. The molecule has 0 aliphatic heterocycles. The van der Waals surface area contributed by atoms with E-state index in [2.05, 4.69) is 25.8 Å². The zero-order valence-corrected chi connectivity index (χ0v) is 7.42. The first-order valence-electron chi connectivity index (χ1n) is 3.95. The van der Waals surface area contributed by atoms with Crippen molar-refractivity contribution < 1.29 is 4.42 Å². The van der Waals surface area contributed by atoms with E-state index in [4.69, 9.17) is 4.42 Å². The summed E-state index contributed by atoms with van der Waals surface area (Å²) in [5.74, 6) is 0. The molecule has 1 aromatic rings. The molecule has 0 aliphatic carbocycles. The van der Waals surface area contributed by atoms with Gasteiger partial charge in [0, 0.05) is 0 Å². The quantitative estimate of drug-likeness (QED) is 0.652. The highest BCUT2D eigenvalue weighted by Crippen LogP contribution is 2.20. The van der Waals surface area contributed by atoms with Crippen molar-refractivity contribution in [1.82, 2.24) is 4.98 Å². The molecule has 0 saturated heterocycles. The van der Waals surface area contributed by atoms with Crippen LogP contribution in [-0.2, 0) is 6.42 Å². The first-order valence-corrected chi connectivity index (χ1v) is 3.95. The van der Waals surface area contributed by atoms with Gasteiger partial charge in [0.1, 0.15) is 6.26 Å². The molecule has 0 bridgehead atoms. The Balaban J connectivity index is 2.35. The molecule has 0 atom stereocenters. The summed E-state index contributed by atoms with van der Waals surface area (Å²) in [5.41, 5.74) is 1.44. The van der Waals surface area contributed by atoms with Crippen molar-refractivity contribution in [2.45, 2.75) is 33.6 Å². The van der Waals surface area contributed by atoms with Crippen molar-refractivity contribution in [3.63, 3.8) is 0 Å². The van der Waals surface area contributed by atoms with E-state index in [0.29, 0.717) is 5.41 Å². The van der Waals surface area contributed by atoms with Gasteiger partial charge < -0.3 is 4.42 Å². The molecule has 0 fully saturated rings. The normalized spacial score (nSPS) is 11.9. The minimum atomic E-state index is 0.388. The first kappa shape index (κ1) is 8.31. The zero-order valence-electron chi connectivity index (χ0n) is 7.42. The second-order valence-corrected chi connectivity index (χ2v) is 4.04. The molecule has 1 rings (SSSR count). The van der Waals surface area contributed by atoms with Crippen LogP contribution in [0.25, 0.3) is 0 Å². The smallest absolute Gasteiger partial charge is 0.180 e. The SMILES string of the molecule is CC(C)(C)CCc1cocn1. The van der Waals surface area contributed by atoms with E-state index in [1.165, 1.54) is 6.39 Å². The van der Waals surface area contributed by atoms with Gasteiger partial charge in [-0.1, -0.05) is 20.8 Å². The lowest BCUT2D eigenvalue weighted by Crippen LogP contribution is -2.06. The number of hydrogen-bond donors (Lipinski definition) is 0. The third kappa shape index (κ3) is 3.21. The largest absolute Gasteiger partial charge is 0.451 e. The average Bonchev–Trinajstić information content (AvgIpc) is 2.32. The van der Waals surface area contributed by atoms with Gasteiger partial charge in [0.25, 0.3) is 0 Å². The van der Waals surface area contributed by atoms with Crippen LogP contribution in [0.15, 0.2) is 17.1 Å². The summed E-state index contributed by atoms with van der Waals surface area (Å²) in [5, 5.41) is 0. The van der Waals surface area contributed by atoms with Crippen LogP contribution in [-0.4, -0.2) is 4.98 Å². The Kier molecular flexibility index (Phi) is 2.32. The predicted octanol–water partition coefficient (Wildman–Crippen LogP) is 2.65.